The van der Waals surface area contributed by atoms with Gasteiger partial charge in [-0.1, -0.05) is 49.0 Å². The van der Waals surface area contributed by atoms with Gasteiger partial charge in [0, 0.05) is 24.5 Å². The molecule has 0 fully saturated rings. The minimum atomic E-state index is -0.315. The van der Waals surface area contributed by atoms with Crippen molar-refractivity contribution < 1.29 is 4.79 Å². The number of amides is 1. The van der Waals surface area contributed by atoms with E-state index in [0.717, 1.165) is 16.7 Å². The Hall–Kier alpha value is -3.99. The highest BCUT2D eigenvalue weighted by molar-refractivity contribution is 6.13. The number of hydrogen-bond donors (Lipinski definition) is 3. The number of hydrogen-bond acceptors (Lipinski definition) is 4. The molecular weight excluding hydrogens is 360 g/mol. The number of aromatic nitrogens is 1. The van der Waals surface area contributed by atoms with Crippen LogP contribution in [-0.2, 0) is 11.3 Å². The average Bonchev–Trinajstić information content (AvgIpc) is 2.78. The third-order valence-electron chi connectivity index (χ3n) is 4.26. The molecule has 0 aliphatic rings. The lowest BCUT2D eigenvalue weighted by molar-refractivity contribution is -0.111. The lowest BCUT2D eigenvalue weighted by atomic mass is 9.99. The fourth-order valence-electron chi connectivity index (χ4n) is 2.78. The third-order valence-corrected chi connectivity index (χ3v) is 4.26. The first-order valence-electron chi connectivity index (χ1n) is 9.18. The molecule has 0 saturated carbocycles. The maximum absolute atomic E-state index is 11.8. The van der Waals surface area contributed by atoms with E-state index >= 15 is 0 Å². The Kier molecular flexibility index (Phi) is 6.68. The van der Waals surface area contributed by atoms with Gasteiger partial charge < -0.3 is 16.0 Å². The Labute approximate surface area is 170 Å². The number of nitrogens with one attached hydrogen (secondary N) is 3. The fourth-order valence-corrected chi connectivity index (χ4v) is 2.78. The summed E-state index contributed by atoms with van der Waals surface area (Å²) in [6, 6.07) is 19.4. The Balaban J connectivity index is 1.81. The lowest BCUT2D eigenvalue weighted by Gasteiger charge is -2.12. The smallest absolute Gasteiger partial charge is 0.247 e. The van der Waals surface area contributed by atoms with Gasteiger partial charge in [-0.3, -0.25) is 9.78 Å². The minimum Gasteiger partial charge on any atom is -0.387 e. The fraction of sp³-hybridized carbons (Fsp3) is 0.0417. The van der Waals surface area contributed by atoms with Crippen LogP contribution in [0.5, 0.6) is 0 Å². The van der Waals surface area contributed by atoms with Crippen LogP contribution >= 0.6 is 0 Å². The monoisotopic (exact) mass is 382 g/mol. The van der Waals surface area contributed by atoms with Crippen molar-refractivity contribution in [1.82, 2.24) is 10.3 Å². The minimum absolute atomic E-state index is 0.279. The summed E-state index contributed by atoms with van der Waals surface area (Å²) in [6.45, 7) is 4.10. The molecule has 0 atom stereocenters. The van der Waals surface area contributed by atoms with Crippen LogP contribution in [0, 0.1) is 5.41 Å². The Morgan fingerprint density at radius 2 is 1.90 bits per heavy atom. The summed E-state index contributed by atoms with van der Waals surface area (Å²) in [6.07, 6.45) is 8.13. The molecule has 3 aromatic rings. The van der Waals surface area contributed by atoms with Crippen LogP contribution in [0.1, 0.15) is 11.1 Å². The largest absolute Gasteiger partial charge is 0.387 e. The van der Waals surface area contributed by atoms with Crippen molar-refractivity contribution in [1.29, 1.82) is 5.41 Å². The number of pyridine rings is 1. The Morgan fingerprint density at radius 1 is 1.07 bits per heavy atom. The van der Waals surface area contributed by atoms with E-state index in [0.29, 0.717) is 17.8 Å². The van der Waals surface area contributed by atoms with E-state index in [1.54, 1.807) is 24.7 Å². The van der Waals surface area contributed by atoms with Crippen LogP contribution < -0.4 is 10.6 Å². The topological polar surface area (TPSA) is 77.9 Å². The van der Waals surface area contributed by atoms with Gasteiger partial charge in [0.25, 0.3) is 0 Å². The number of allylic oxidation sites excluding steroid dienone is 1. The van der Waals surface area contributed by atoms with Crippen LogP contribution in [-0.4, -0.2) is 16.6 Å². The van der Waals surface area contributed by atoms with Crippen molar-refractivity contribution >= 4 is 17.3 Å². The van der Waals surface area contributed by atoms with Crippen LogP contribution in [0.2, 0.25) is 0 Å². The van der Waals surface area contributed by atoms with Gasteiger partial charge in [-0.05, 0) is 53.2 Å². The molecule has 5 heteroatoms. The molecular formula is C24H22N4O. The van der Waals surface area contributed by atoms with E-state index in [1.165, 1.54) is 6.08 Å². The summed E-state index contributed by atoms with van der Waals surface area (Å²) in [4.78, 5) is 15.9. The molecule has 3 N–H and O–H groups in total. The van der Waals surface area contributed by atoms with Gasteiger partial charge in [0.1, 0.15) is 0 Å². The third kappa shape index (κ3) is 5.49. The van der Waals surface area contributed by atoms with Crippen molar-refractivity contribution in [3.05, 3.63) is 109 Å². The van der Waals surface area contributed by atoms with E-state index in [-0.39, 0.29) is 11.6 Å². The Morgan fingerprint density at radius 3 is 2.62 bits per heavy atom. The van der Waals surface area contributed by atoms with E-state index in [1.807, 2.05) is 60.7 Å². The van der Waals surface area contributed by atoms with Crippen molar-refractivity contribution in [2.45, 2.75) is 6.54 Å². The molecule has 0 saturated heterocycles. The van der Waals surface area contributed by atoms with Crippen molar-refractivity contribution in [2.75, 3.05) is 5.32 Å². The first-order chi connectivity index (χ1) is 14.2. The summed E-state index contributed by atoms with van der Waals surface area (Å²) in [5.74, 6) is -0.315. The highest BCUT2D eigenvalue weighted by atomic mass is 16.1. The second-order valence-corrected chi connectivity index (χ2v) is 6.31. The van der Waals surface area contributed by atoms with Crippen molar-refractivity contribution in [3.63, 3.8) is 0 Å². The zero-order valence-electron chi connectivity index (χ0n) is 15.9. The number of carbonyl (C=O) groups is 1. The second kappa shape index (κ2) is 9.80. The molecule has 0 spiro atoms. The SMILES string of the molecule is C=CC(=O)Nc1ccc(-c2ccccc2)cc1C(=N)/C=C\NCc1cccnc1. The molecule has 0 aliphatic heterocycles. The highest BCUT2D eigenvalue weighted by Gasteiger charge is 2.10. The number of anilines is 1. The zero-order valence-corrected chi connectivity index (χ0v) is 15.9. The number of carbonyl (C=O) groups excluding carboxylic acids is 1. The van der Waals surface area contributed by atoms with Gasteiger partial charge in [-0.2, -0.15) is 0 Å². The quantitative estimate of drug-likeness (QED) is 0.395. The van der Waals surface area contributed by atoms with Crippen molar-refractivity contribution in [3.8, 4) is 11.1 Å². The van der Waals surface area contributed by atoms with Gasteiger partial charge in [0.15, 0.2) is 0 Å². The van der Waals surface area contributed by atoms with Gasteiger partial charge in [-0.15, -0.1) is 0 Å². The molecule has 5 nitrogen and oxygen atoms in total. The predicted molar refractivity (Wildman–Crippen MR) is 118 cm³/mol. The number of benzene rings is 2. The van der Waals surface area contributed by atoms with Crippen LogP contribution in [0.15, 0.2) is 98.0 Å². The summed E-state index contributed by atoms with van der Waals surface area (Å²) < 4.78 is 0. The van der Waals surface area contributed by atoms with E-state index in [2.05, 4.69) is 22.2 Å². The maximum Gasteiger partial charge on any atom is 0.247 e. The normalized spacial score (nSPS) is 10.5. The highest BCUT2D eigenvalue weighted by Crippen LogP contribution is 2.26. The molecule has 144 valence electrons. The van der Waals surface area contributed by atoms with E-state index in [9.17, 15) is 4.79 Å². The molecule has 0 aliphatic carbocycles. The first-order valence-corrected chi connectivity index (χ1v) is 9.18. The van der Waals surface area contributed by atoms with Gasteiger partial charge in [-0.25, -0.2) is 0 Å². The van der Waals surface area contributed by atoms with Gasteiger partial charge in [0.2, 0.25) is 5.91 Å². The van der Waals surface area contributed by atoms with E-state index in [4.69, 9.17) is 5.41 Å². The molecule has 1 aromatic heterocycles. The average molecular weight is 382 g/mol. The molecule has 0 unspecified atom stereocenters. The zero-order chi connectivity index (χ0) is 20.5. The van der Waals surface area contributed by atoms with Crippen molar-refractivity contribution in [2.24, 2.45) is 0 Å². The maximum atomic E-state index is 11.8. The molecule has 29 heavy (non-hydrogen) atoms. The molecule has 3 rings (SSSR count). The molecule has 0 radical (unpaired) electrons. The summed E-state index contributed by atoms with van der Waals surface area (Å²) in [5, 5.41) is 14.4. The Bertz CT molecular complexity index is 1030. The molecule has 1 heterocycles. The molecule has 2 aromatic carbocycles. The number of rotatable bonds is 8. The van der Waals surface area contributed by atoms with Crippen LogP contribution in [0.4, 0.5) is 5.69 Å². The number of nitrogens with zero attached hydrogens (tertiary/aromatic N) is 1. The lowest BCUT2D eigenvalue weighted by Crippen LogP contribution is -2.12. The molecule has 0 bridgehead atoms. The van der Waals surface area contributed by atoms with E-state index < -0.39 is 0 Å². The van der Waals surface area contributed by atoms with Gasteiger partial charge >= 0.3 is 0 Å². The standard InChI is InChI=1S/C24H22N4O/c1-2-24(29)28-23-11-10-20(19-8-4-3-5-9-19)15-21(23)22(25)12-14-27-17-18-7-6-13-26-16-18/h2-16,25,27H,1,17H2,(H,28,29)/b14-12-,25-22?. The summed E-state index contributed by atoms with van der Waals surface area (Å²) in [7, 11) is 0. The first kappa shape index (κ1) is 19.8. The van der Waals surface area contributed by atoms with Crippen LogP contribution in [0.3, 0.4) is 0 Å². The summed E-state index contributed by atoms with van der Waals surface area (Å²) >= 11 is 0. The molecule has 1 amide bonds. The predicted octanol–water partition coefficient (Wildman–Crippen LogP) is 4.54. The summed E-state index contributed by atoms with van der Waals surface area (Å²) in [5.41, 5.74) is 4.53. The second-order valence-electron chi connectivity index (χ2n) is 6.31. The van der Waals surface area contributed by atoms with Crippen LogP contribution in [0.25, 0.3) is 11.1 Å². The van der Waals surface area contributed by atoms with Gasteiger partial charge in [0.05, 0.1) is 11.4 Å².